The Labute approximate surface area is 163 Å². The van der Waals surface area contributed by atoms with Crippen LogP contribution in [-0.4, -0.2) is 28.9 Å². The molecule has 3 aromatic rings. The molecule has 2 aromatic carbocycles. The number of unbranched alkanes of at least 4 members (excludes halogenated alkanes) is 1. The molecule has 4 rings (SSSR count). The number of ether oxygens (including phenoxy) is 3. The van der Waals surface area contributed by atoms with Crippen molar-refractivity contribution in [3.63, 3.8) is 0 Å². The Kier molecular flexibility index (Phi) is 5.23. The molecule has 0 fully saturated rings. The van der Waals surface area contributed by atoms with E-state index in [0.29, 0.717) is 18.2 Å². The average molecular weight is 378 g/mol. The van der Waals surface area contributed by atoms with Gasteiger partial charge in [-0.3, -0.25) is 0 Å². The molecule has 0 spiro atoms. The monoisotopic (exact) mass is 378 g/mol. The Hall–Kier alpha value is -3.35. The summed E-state index contributed by atoms with van der Waals surface area (Å²) in [5.41, 5.74) is 3.26. The summed E-state index contributed by atoms with van der Waals surface area (Å²) in [4.78, 5) is 4.47. The molecular weight excluding hydrogens is 356 g/mol. The van der Waals surface area contributed by atoms with Crippen LogP contribution in [0.5, 0.6) is 17.6 Å². The second-order valence-corrected chi connectivity index (χ2v) is 6.41. The number of anilines is 1. The Balaban J connectivity index is 1.73. The first kappa shape index (κ1) is 18.0. The van der Waals surface area contributed by atoms with Crippen LogP contribution in [0.3, 0.4) is 0 Å². The summed E-state index contributed by atoms with van der Waals surface area (Å²) < 4.78 is 17.2. The second kappa shape index (κ2) is 8.12. The molecule has 7 nitrogen and oxygen atoms in total. The van der Waals surface area contributed by atoms with E-state index in [2.05, 4.69) is 27.4 Å². The Morgan fingerprint density at radius 2 is 2.00 bits per heavy atom. The predicted octanol–water partition coefficient (Wildman–Crippen LogP) is 4.23. The normalized spacial score (nSPS) is 14.7. The molecule has 1 aromatic heterocycles. The average Bonchev–Trinajstić information content (AvgIpc) is 2.90. The summed E-state index contributed by atoms with van der Waals surface area (Å²) in [6.45, 7) is 2.65. The van der Waals surface area contributed by atoms with E-state index in [1.807, 2.05) is 48.5 Å². The topological polar surface area (TPSA) is 78.4 Å². The van der Waals surface area contributed by atoms with Gasteiger partial charge in [0.25, 0.3) is 0 Å². The number of nitrogens with one attached hydrogen (secondary N) is 1. The van der Waals surface area contributed by atoms with Gasteiger partial charge in [0.15, 0.2) is 11.9 Å². The fourth-order valence-corrected chi connectivity index (χ4v) is 2.97. The minimum absolute atomic E-state index is 0.218. The van der Waals surface area contributed by atoms with Crippen molar-refractivity contribution in [3.8, 4) is 28.9 Å². The molecular formula is C21H22N4O3. The van der Waals surface area contributed by atoms with Gasteiger partial charge in [-0.25, -0.2) is 0 Å². The summed E-state index contributed by atoms with van der Waals surface area (Å²) in [5, 5.41) is 11.9. The molecule has 0 bridgehead atoms. The number of fused-ring (bicyclic) bond motifs is 3. The van der Waals surface area contributed by atoms with Crippen molar-refractivity contribution in [3.05, 3.63) is 54.1 Å². The maximum Gasteiger partial charge on any atom is 0.339 e. The molecule has 1 N–H and O–H groups in total. The van der Waals surface area contributed by atoms with Crippen molar-refractivity contribution in [2.24, 2.45) is 0 Å². The van der Waals surface area contributed by atoms with E-state index < -0.39 is 6.23 Å². The predicted molar refractivity (Wildman–Crippen MR) is 106 cm³/mol. The van der Waals surface area contributed by atoms with Crippen LogP contribution in [0.4, 0.5) is 5.69 Å². The summed E-state index contributed by atoms with van der Waals surface area (Å²) >= 11 is 0. The van der Waals surface area contributed by atoms with Gasteiger partial charge >= 0.3 is 6.01 Å². The zero-order valence-corrected chi connectivity index (χ0v) is 15.9. The molecule has 1 unspecified atom stereocenters. The number of benzene rings is 2. The number of para-hydroxylation sites is 1. The van der Waals surface area contributed by atoms with Crippen LogP contribution in [0.2, 0.25) is 0 Å². The lowest BCUT2D eigenvalue weighted by molar-refractivity contribution is 0.217. The lowest BCUT2D eigenvalue weighted by Gasteiger charge is -2.19. The fraction of sp³-hybridized carbons (Fsp3) is 0.286. The second-order valence-electron chi connectivity index (χ2n) is 6.41. The van der Waals surface area contributed by atoms with Gasteiger partial charge in [0.05, 0.1) is 13.7 Å². The Bertz CT molecular complexity index is 964. The molecule has 1 atom stereocenters. The first-order valence-electron chi connectivity index (χ1n) is 9.32. The number of nitrogens with zero attached hydrogens (tertiary/aromatic N) is 3. The molecule has 28 heavy (non-hydrogen) atoms. The maximum absolute atomic E-state index is 6.21. The maximum atomic E-state index is 6.21. The molecule has 144 valence electrons. The zero-order chi connectivity index (χ0) is 19.3. The highest BCUT2D eigenvalue weighted by Crippen LogP contribution is 2.39. The molecule has 0 saturated heterocycles. The smallest absolute Gasteiger partial charge is 0.339 e. The molecule has 1 aliphatic heterocycles. The minimum atomic E-state index is -0.460. The Morgan fingerprint density at radius 3 is 2.86 bits per heavy atom. The van der Waals surface area contributed by atoms with Gasteiger partial charge in [-0.05, 0) is 24.6 Å². The van der Waals surface area contributed by atoms with Gasteiger partial charge in [-0.2, -0.15) is 4.98 Å². The van der Waals surface area contributed by atoms with Crippen molar-refractivity contribution in [2.75, 3.05) is 19.0 Å². The van der Waals surface area contributed by atoms with Gasteiger partial charge in [0.1, 0.15) is 5.75 Å². The number of hydrogen-bond donors (Lipinski definition) is 1. The third kappa shape index (κ3) is 3.69. The van der Waals surface area contributed by atoms with Gasteiger partial charge < -0.3 is 19.5 Å². The number of hydrogen-bond acceptors (Lipinski definition) is 7. The van der Waals surface area contributed by atoms with Crippen molar-refractivity contribution in [2.45, 2.75) is 26.0 Å². The van der Waals surface area contributed by atoms with E-state index in [1.54, 1.807) is 7.11 Å². The third-order valence-corrected chi connectivity index (χ3v) is 4.46. The highest BCUT2D eigenvalue weighted by Gasteiger charge is 2.26. The van der Waals surface area contributed by atoms with Crippen LogP contribution in [0, 0.1) is 0 Å². The minimum Gasteiger partial charge on any atom is -0.497 e. The van der Waals surface area contributed by atoms with E-state index >= 15 is 0 Å². The van der Waals surface area contributed by atoms with Crippen LogP contribution >= 0.6 is 0 Å². The summed E-state index contributed by atoms with van der Waals surface area (Å²) in [6, 6.07) is 15.8. The van der Waals surface area contributed by atoms with Crippen molar-refractivity contribution < 1.29 is 14.2 Å². The Morgan fingerprint density at radius 1 is 1.11 bits per heavy atom. The van der Waals surface area contributed by atoms with Crippen LogP contribution < -0.4 is 19.5 Å². The molecule has 0 amide bonds. The van der Waals surface area contributed by atoms with E-state index in [-0.39, 0.29) is 6.01 Å². The molecule has 0 radical (unpaired) electrons. The first-order valence-corrected chi connectivity index (χ1v) is 9.32. The molecule has 1 aliphatic rings. The molecule has 0 saturated carbocycles. The van der Waals surface area contributed by atoms with Crippen LogP contribution in [-0.2, 0) is 0 Å². The summed E-state index contributed by atoms with van der Waals surface area (Å²) in [5.74, 6) is 1.14. The lowest BCUT2D eigenvalue weighted by atomic mass is 10.1. The highest BCUT2D eigenvalue weighted by molar-refractivity contribution is 5.79. The van der Waals surface area contributed by atoms with Gasteiger partial charge in [0, 0.05) is 16.8 Å². The lowest BCUT2D eigenvalue weighted by Crippen LogP contribution is -2.17. The zero-order valence-electron chi connectivity index (χ0n) is 15.9. The quantitative estimate of drug-likeness (QED) is 0.643. The third-order valence-electron chi connectivity index (χ3n) is 4.46. The molecule has 0 aliphatic carbocycles. The number of rotatable bonds is 6. The number of aromatic nitrogens is 3. The van der Waals surface area contributed by atoms with Gasteiger partial charge in [-0.1, -0.05) is 48.8 Å². The van der Waals surface area contributed by atoms with Crippen molar-refractivity contribution >= 4 is 5.69 Å². The van der Waals surface area contributed by atoms with E-state index in [1.165, 1.54) is 0 Å². The van der Waals surface area contributed by atoms with E-state index in [4.69, 9.17) is 14.2 Å². The molecule has 7 heteroatoms. The van der Waals surface area contributed by atoms with Gasteiger partial charge in [-0.15, -0.1) is 5.10 Å². The SMILES string of the molecule is CCCCOc1nnc2c(n1)OC(c1cccc(OC)c1)Nc1ccccc1-2. The largest absolute Gasteiger partial charge is 0.497 e. The van der Waals surface area contributed by atoms with Crippen molar-refractivity contribution in [1.29, 1.82) is 0 Å². The van der Waals surface area contributed by atoms with Crippen LogP contribution in [0.1, 0.15) is 31.6 Å². The molecule has 2 heterocycles. The van der Waals surface area contributed by atoms with Crippen LogP contribution in [0.25, 0.3) is 11.3 Å². The first-order chi connectivity index (χ1) is 13.8. The van der Waals surface area contributed by atoms with Gasteiger partial charge in [0.2, 0.25) is 5.88 Å². The standard InChI is InChI=1S/C21H22N4O3/c1-3-4-12-27-21-23-20-18(24-25-21)16-10-5-6-11-17(16)22-19(28-20)14-8-7-9-15(13-14)26-2/h5-11,13,19,22H,3-4,12H2,1-2H3. The van der Waals surface area contributed by atoms with E-state index in [9.17, 15) is 0 Å². The number of methoxy groups -OCH3 is 1. The summed E-state index contributed by atoms with van der Waals surface area (Å²) in [7, 11) is 1.64. The highest BCUT2D eigenvalue weighted by atomic mass is 16.5. The fourth-order valence-electron chi connectivity index (χ4n) is 2.97. The van der Waals surface area contributed by atoms with Crippen molar-refractivity contribution in [1.82, 2.24) is 15.2 Å². The van der Waals surface area contributed by atoms with Crippen LogP contribution in [0.15, 0.2) is 48.5 Å². The van der Waals surface area contributed by atoms with E-state index in [0.717, 1.165) is 35.4 Å². The summed E-state index contributed by atoms with van der Waals surface area (Å²) in [6.07, 6.45) is 1.50.